The number of hydrogen-bond donors (Lipinski definition) is 2. The second-order valence-corrected chi connectivity index (χ2v) is 5.71. The fraction of sp³-hybridized carbons (Fsp3) is 0.333. The molecule has 2 nitrogen and oxygen atoms in total. The average Bonchev–Trinajstić information content (AvgIpc) is 2.79. The van der Waals surface area contributed by atoms with Crippen molar-refractivity contribution in [2.75, 3.05) is 11.5 Å². The predicted octanol–water partition coefficient (Wildman–Crippen LogP) is 4.15. The van der Waals surface area contributed by atoms with Gasteiger partial charge < -0.3 is 11.5 Å². The number of rotatable bonds is 4. The van der Waals surface area contributed by atoms with Crippen LogP contribution in [0, 0.1) is 0 Å². The second kappa shape index (κ2) is 5.20. The molecule has 0 amide bonds. The Morgan fingerprint density at radius 3 is 2.60 bits per heavy atom. The third-order valence-corrected chi connectivity index (χ3v) is 4.28. The lowest BCUT2D eigenvalue weighted by molar-refractivity contribution is 0.716. The minimum atomic E-state index is 0.845. The number of fused-ring (bicyclic) bond motifs is 3. The summed E-state index contributed by atoms with van der Waals surface area (Å²) >= 11 is 0. The molecule has 0 aromatic heterocycles. The third-order valence-electron chi connectivity index (χ3n) is 4.28. The Morgan fingerprint density at radius 1 is 1.00 bits per heavy atom. The van der Waals surface area contributed by atoms with E-state index in [1.165, 1.54) is 47.1 Å². The molecule has 0 saturated heterocycles. The van der Waals surface area contributed by atoms with Crippen molar-refractivity contribution in [1.29, 1.82) is 0 Å². The van der Waals surface area contributed by atoms with E-state index >= 15 is 0 Å². The van der Waals surface area contributed by atoms with Crippen LogP contribution in [0.25, 0.3) is 11.1 Å². The smallest absolute Gasteiger partial charge is 0.0349 e. The highest BCUT2D eigenvalue weighted by Crippen LogP contribution is 2.41. The minimum Gasteiger partial charge on any atom is -0.399 e. The van der Waals surface area contributed by atoms with E-state index in [0.29, 0.717) is 0 Å². The van der Waals surface area contributed by atoms with Crippen molar-refractivity contribution in [2.45, 2.75) is 39.0 Å². The van der Waals surface area contributed by atoms with E-state index in [-0.39, 0.29) is 0 Å². The van der Waals surface area contributed by atoms with E-state index in [9.17, 15) is 0 Å². The SMILES string of the molecule is CCCCCc1c(N)ccc2c1Cc1cc(N)ccc1-2. The summed E-state index contributed by atoms with van der Waals surface area (Å²) in [7, 11) is 0. The molecule has 1 aliphatic rings. The third kappa shape index (κ3) is 2.15. The maximum Gasteiger partial charge on any atom is 0.0349 e. The molecule has 0 atom stereocenters. The van der Waals surface area contributed by atoms with Gasteiger partial charge in [-0.1, -0.05) is 31.9 Å². The first-order valence-corrected chi connectivity index (χ1v) is 7.49. The molecule has 0 radical (unpaired) electrons. The summed E-state index contributed by atoms with van der Waals surface area (Å²) in [6.07, 6.45) is 5.79. The van der Waals surface area contributed by atoms with Crippen molar-refractivity contribution in [3.05, 3.63) is 47.0 Å². The van der Waals surface area contributed by atoms with Crippen molar-refractivity contribution in [2.24, 2.45) is 0 Å². The second-order valence-electron chi connectivity index (χ2n) is 5.71. The largest absolute Gasteiger partial charge is 0.399 e. The van der Waals surface area contributed by atoms with Gasteiger partial charge in [0.15, 0.2) is 0 Å². The van der Waals surface area contributed by atoms with Crippen molar-refractivity contribution >= 4 is 11.4 Å². The van der Waals surface area contributed by atoms with Crippen LogP contribution in [0.5, 0.6) is 0 Å². The molecule has 1 aliphatic carbocycles. The monoisotopic (exact) mass is 266 g/mol. The lowest BCUT2D eigenvalue weighted by Gasteiger charge is -2.11. The number of nitrogens with two attached hydrogens (primary N) is 2. The van der Waals surface area contributed by atoms with E-state index in [2.05, 4.69) is 31.2 Å². The molecule has 0 bridgehead atoms. The Labute approximate surface area is 120 Å². The molecule has 0 heterocycles. The number of benzene rings is 2. The van der Waals surface area contributed by atoms with Gasteiger partial charge in [0.05, 0.1) is 0 Å². The van der Waals surface area contributed by atoms with E-state index < -0.39 is 0 Å². The topological polar surface area (TPSA) is 52.0 Å². The van der Waals surface area contributed by atoms with Crippen LogP contribution in [0.15, 0.2) is 30.3 Å². The van der Waals surface area contributed by atoms with Crippen LogP contribution in [0.4, 0.5) is 11.4 Å². The van der Waals surface area contributed by atoms with Gasteiger partial charge >= 0.3 is 0 Å². The van der Waals surface area contributed by atoms with Crippen molar-refractivity contribution in [1.82, 2.24) is 0 Å². The van der Waals surface area contributed by atoms with E-state index in [1.807, 2.05) is 6.07 Å². The molecule has 2 aromatic rings. The Balaban J connectivity index is 2.00. The molecule has 0 unspecified atom stereocenters. The van der Waals surface area contributed by atoms with Crippen molar-refractivity contribution in [3.63, 3.8) is 0 Å². The van der Waals surface area contributed by atoms with Crippen LogP contribution < -0.4 is 11.5 Å². The lowest BCUT2D eigenvalue weighted by atomic mass is 9.95. The molecular weight excluding hydrogens is 244 g/mol. The van der Waals surface area contributed by atoms with Gasteiger partial charge in [-0.25, -0.2) is 0 Å². The Hall–Kier alpha value is -1.96. The van der Waals surface area contributed by atoms with Crippen LogP contribution in [0.1, 0.15) is 42.9 Å². The summed E-state index contributed by atoms with van der Waals surface area (Å²) < 4.78 is 0. The van der Waals surface area contributed by atoms with Gasteiger partial charge in [-0.15, -0.1) is 0 Å². The number of anilines is 2. The lowest BCUT2D eigenvalue weighted by Crippen LogP contribution is -2.00. The Kier molecular flexibility index (Phi) is 3.39. The van der Waals surface area contributed by atoms with Crippen molar-refractivity contribution < 1.29 is 0 Å². The van der Waals surface area contributed by atoms with E-state index in [4.69, 9.17) is 11.5 Å². The van der Waals surface area contributed by atoms with Gasteiger partial charge in [0.2, 0.25) is 0 Å². The molecule has 0 saturated carbocycles. The first-order valence-electron chi connectivity index (χ1n) is 7.49. The summed E-state index contributed by atoms with van der Waals surface area (Å²) in [5.74, 6) is 0. The standard InChI is InChI=1S/C18H22N2/c1-2-3-4-5-16-17-11-12-10-13(19)6-7-14(12)15(17)8-9-18(16)20/h6-10H,2-5,11,19-20H2,1H3. The van der Waals surface area contributed by atoms with Crippen LogP contribution in [0.2, 0.25) is 0 Å². The fourth-order valence-corrected chi connectivity index (χ4v) is 3.23. The number of hydrogen-bond acceptors (Lipinski definition) is 2. The van der Waals surface area contributed by atoms with E-state index in [0.717, 1.165) is 24.2 Å². The Bertz CT molecular complexity index is 644. The molecule has 0 aliphatic heterocycles. The maximum absolute atomic E-state index is 6.22. The highest BCUT2D eigenvalue weighted by molar-refractivity contribution is 5.81. The summed E-state index contributed by atoms with van der Waals surface area (Å²) in [5, 5.41) is 0. The molecule has 0 spiro atoms. The number of unbranched alkanes of at least 4 members (excludes halogenated alkanes) is 2. The highest BCUT2D eigenvalue weighted by Gasteiger charge is 2.22. The summed E-state index contributed by atoms with van der Waals surface area (Å²) in [5.41, 5.74) is 20.7. The highest BCUT2D eigenvalue weighted by atomic mass is 14.6. The zero-order valence-electron chi connectivity index (χ0n) is 12.1. The van der Waals surface area contributed by atoms with Gasteiger partial charge in [-0.2, -0.15) is 0 Å². The normalized spacial score (nSPS) is 12.2. The number of nitrogen functional groups attached to an aromatic ring is 2. The molecule has 104 valence electrons. The average molecular weight is 266 g/mol. The predicted molar refractivity (Wildman–Crippen MR) is 86.7 cm³/mol. The minimum absolute atomic E-state index is 0.845. The zero-order chi connectivity index (χ0) is 14.1. The zero-order valence-corrected chi connectivity index (χ0v) is 12.1. The molecule has 3 rings (SSSR count). The van der Waals surface area contributed by atoms with Gasteiger partial charge in [-0.05, 0) is 65.3 Å². The molecule has 2 heteroatoms. The van der Waals surface area contributed by atoms with Crippen LogP contribution in [0.3, 0.4) is 0 Å². The van der Waals surface area contributed by atoms with Gasteiger partial charge in [0.1, 0.15) is 0 Å². The van der Waals surface area contributed by atoms with Gasteiger partial charge in [0, 0.05) is 11.4 Å². The fourth-order valence-electron chi connectivity index (χ4n) is 3.23. The van der Waals surface area contributed by atoms with Crippen LogP contribution in [-0.2, 0) is 12.8 Å². The van der Waals surface area contributed by atoms with Crippen LogP contribution >= 0.6 is 0 Å². The van der Waals surface area contributed by atoms with Crippen molar-refractivity contribution in [3.8, 4) is 11.1 Å². The first-order chi connectivity index (χ1) is 9.70. The van der Waals surface area contributed by atoms with Gasteiger partial charge in [-0.3, -0.25) is 0 Å². The molecule has 4 N–H and O–H groups in total. The van der Waals surface area contributed by atoms with Gasteiger partial charge in [0.25, 0.3) is 0 Å². The molecule has 0 fully saturated rings. The quantitative estimate of drug-likeness (QED) is 0.550. The van der Waals surface area contributed by atoms with E-state index in [1.54, 1.807) is 0 Å². The summed E-state index contributed by atoms with van der Waals surface area (Å²) in [4.78, 5) is 0. The molecular formula is C18H22N2. The summed E-state index contributed by atoms with van der Waals surface area (Å²) in [6.45, 7) is 2.23. The molecule has 20 heavy (non-hydrogen) atoms. The molecule has 2 aromatic carbocycles. The van der Waals surface area contributed by atoms with Crippen LogP contribution in [-0.4, -0.2) is 0 Å². The first kappa shape index (κ1) is 13.0. The maximum atomic E-state index is 6.22. The summed E-state index contributed by atoms with van der Waals surface area (Å²) in [6, 6.07) is 10.5. The Morgan fingerprint density at radius 2 is 1.80 bits per heavy atom.